The van der Waals surface area contributed by atoms with Crippen molar-refractivity contribution in [1.29, 1.82) is 0 Å². The molecule has 2 amide bonds. The minimum Gasteiger partial charge on any atom is -0.491 e. The number of carbonyl (C=O) groups excluding carboxylic acids is 2. The second-order valence-corrected chi connectivity index (χ2v) is 9.51. The van der Waals surface area contributed by atoms with Gasteiger partial charge in [-0.15, -0.1) is 0 Å². The zero-order valence-corrected chi connectivity index (χ0v) is 20.7. The van der Waals surface area contributed by atoms with Gasteiger partial charge in [-0.3, -0.25) is 9.59 Å². The number of morpholine rings is 1. The first kappa shape index (κ1) is 23.8. The van der Waals surface area contributed by atoms with Crippen LogP contribution in [0.1, 0.15) is 17.7 Å². The van der Waals surface area contributed by atoms with E-state index in [1.54, 1.807) is 11.1 Å². The molecule has 1 atom stereocenters. The van der Waals surface area contributed by atoms with E-state index in [1.807, 2.05) is 29.9 Å². The van der Waals surface area contributed by atoms with Crippen LogP contribution in [0.4, 0.5) is 5.82 Å². The molecule has 3 aromatic rings. The molecule has 6 heterocycles. The molecule has 11 nitrogen and oxygen atoms in total. The van der Waals surface area contributed by atoms with Gasteiger partial charge < -0.3 is 33.7 Å². The van der Waals surface area contributed by atoms with Crippen LogP contribution < -0.4 is 10.1 Å². The number of nitrogens with one attached hydrogen (secondary N) is 1. The Kier molecular flexibility index (Phi) is 6.27. The summed E-state index contributed by atoms with van der Waals surface area (Å²) in [5.41, 5.74) is 3.82. The van der Waals surface area contributed by atoms with Crippen molar-refractivity contribution in [2.45, 2.75) is 18.4 Å². The Bertz CT molecular complexity index is 1350. The Morgan fingerprint density at radius 1 is 1.24 bits per heavy atom. The molecular weight excluding hydrogens is 478 g/mol. The number of aromatic nitrogens is 3. The van der Waals surface area contributed by atoms with Gasteiger partial charge in [0.15, 0.2) is 0 Å². The van der Waals surface area contributed by atoms with E-state index in [4.69, 9.17) is 23.9 Å². The van der Waals surface area contributed by atoms with Crippen molar-refractivity contribution in [2.24, 2.45) is 7.05 Å². The van der Waals surface area contributed by atoms with Gasteiger partial charge in [0.05, 0.1) is 49.5 Å². The molecule has 0 aliphatic carbocycles. The van der Waals surface area contributed by atoms with Gasteiger partial charge in [0.25, 0.3) is 0 Å². The molecular formula is C26H29N5O6. The van der Waals surface area contributed by atoms with Crippen molar-refractivity contribution >= 4 is 29.0 Å². The lowest BCUT2D eigenvalue weighted by Crippen LogP contribution is -2.43. The average molecular weight is 508 g/mol. The Morgan fingerprint density at radius 2 is 2.16 bits per heavy atom. The molecule has 3 aromatic heterocycles. The number of fused-ring (bicyclic) bond motifs is 3. The van der Waals surface area contributed by atoms with Crippen LogP contribution in [0.2, 0.25) is 0 Å². The van der Waals surface area contributed by atoms with E-state index in [2.05, 4.69) is 10.3 Å². The summed E-state index contributed by atoms with van der Waals surface area (Å²) >= 11 is 0. The van der Waals surface area contributed by atoms with Crippen LogP contribution in [0.3, 0.4) is 0 Å². The largest absolute Gasteiger partial charge is 0.491 e. The molecule has 0 aromatic carbocycles. The molecule has 0 radical (unpaired) electrons. The summed E-state index contributed by atoms with van der Waals surface area (Å²) in [5.74, 6) is 1.18. The Labute approximate surface area is 213 Å². The van der Waals surface area contributed by atoms with Crippen molar-refractivity contribution < 1.29 is 28.5 Å². The highest BCUT2D eigenvalue weighted by atomic mass is 16.6. The summed E-state index contributed by atoms with van der Waals surface area (Å²) in [7, 11) is 1.95. The standard InChI is InChI=1S/C26H29N5O6/c1-30-13-19(18-10-23(28-16-32)27-12-21(18)30)20-11-22(36-9-5-31-4-8-34-14-24(31)33)17-2-6-37-26(25(17)29-20)3-7-35-15-26/h10-13,16H,2-9,14-15H2,1H3,(H,27,28,32). The molecule has 37 heavy (non-hydrogen) atoms. The van der Waals surface area contributed by atoms with Crippen LogP contribution in [0.25, 0.3) is 22.2 Å². The van der Waals surface area contributed by atoms with E-state index in [1.165, 1.54) is 0 Å². The second kappa shape index (κ2) is 9.73. The molecule has 3 aliphatic rings. The van der Waals surface area contributed by atoms with Gasteiger partial charge >= 0.3 is 0 Å². The van der Waals surface area contributed by atoms with Crippen LogP contribution in [0, 0.1) is 0 Å². The summed E-state index contributed by atoms with van der Waals surface area (Å²) in [6.07, 6.45) is 5.76. The Hall–Kier alpha value is -3.54. The highest BCUT2D eigenvalue weighted by Gasteiger charge is 2.44. The van der Waals surface area contributed by atoms with Gasteiger partial charge in [-0.2, -0.15) is 0 Å². The summed E-state index contributed by atoms with van der Waals surface area (Å²) < 4.78 is 25.6. The zero-order chi connectivity index (χ0) is 25.4. The normalized spacial score (nSPS) is 21.4. The number of nitrogens with zero attached hydrogens (tertiary/aromatic N) is 4. The number of carbonyl (C=O) groups is 2. The molecule has 2 saturated heterocycles. The van der Waals surface area contributed by atoms with Crippen molar-refractivity contribution in [3.63, 3.8) is 0 Å². The number of anilines is 1. The Balaban J connectivity index is 1.41. The number of aryl methyl sites for hydroxylation is 1. The van der Waals surface area contributed by atoms with Gasteiger partial charge in [-0.05, 0) is 6.07 Å². The third-order valence-electron chi connectivity index (χ3n) is 7.29. The lowest BCUT2D eigenvalue weighted by atomic mass is 9.89. The highest BCUT2D eigenvalue weighted by molar-refractivity contribution is 5.97. The number of pyridine rings is 2. The number of ether oxygens (including phenoxy) is 4. The van der Waals surface area contributed by atoms with Crippen LogP contribution >= 0.6 is 0 Å². The summed E-state index contributed by atoms with van der Waals surface area (Å²) in [4.78, 5) is 34.4. The van der Waals surface area contributed by atoms with E-state index in [0.29, 0.717) is 64.8 Å². The molecule has 3 aliphatic heterocycles. The van der Waals surface area contributed by atoms with E-state index < -0.39 is 5.60 Å². The van der Waals surface area contributed by atoms with Crippen molar-refractivity contribution in [1.82, 2.24) is 19.4 Å². The number of hydrogen-bond donors (Lipinski definition) is 1. The summed E-state index contributed by atoms with van der Waals surface area (Å²) in [6, 6.07) is 3.81. The molecule has 1 unspecified atom stereocenters. The highest BCUT2D eigenvalue weighted by Crippen LogP contribution is 2.44. The number of hydrogen-bond acceptors (Lipinski definition) is 8. The van der Waals surface area contributed by atoms with E-state index in [0.717, 1.165) is 45.6 Å². The molecule has 194 valence electrons. The molecule has 2 fully saturated rings. The first-order chi connectivity index (χ1) is 18.1. The van der Waals surface area contributed by atoms with Gasteiger partial charge in [-0.25, -0.2) is 9.97 Å². The number of rotatable bonds is 7. The first-order valence-electron chi connectivity index (χ1n) is 12.5. The molecule has 1 N–H and O–H groups in total. The topological polar surface area (TPSA) is 117 Å². The zero-order valence-electron chi connectivity index (χ0n) is 20.7. The third-order valence-corrected chi connectivity index (χ3v) is 7.29. The predicted octanol–water partition coefficient (Wildman–Crippen LogP) is 1.63. The molecule has 0 bridgehead atoms. The van der Waals surface area contributed by atoms with E-state index >= 15 is 0 Å². The van der Waals surface area contributed by atoms with Crippen LogP contribution in [-0.4, -0.2) is 84.5 Å². The first-order valence-corrected chi connectivity index (χ1v) is 12.5. The minimum atomic E-state index is -0.599. The van der Waals surface area contributed by atoms with E-state index in [9.17, 15) is 9.59 Å². The van der Waals surface area contributed by atoms with Gasteiger partial charge in [0.1, 0.15) is 30.4 Å². The maximum atomic E-state index is 12.1. The molecule has 11 heteroatoms. The fourth-order valence-corrected chi connectivity index (χ4v) is 5.37. The molecule has 0 saturated carbocycles. The monoisotopic (exact) mass is 507 g/mol. The van der Waals surface area contributed by atoms with Gasteiger partial charge in [0, 0.05) is 61.8 Å². The molecule has 1 spiro atoms. The third kappa shape index (κ3) is 4.32. The quantitative estimate of drug-likeness (QED) is 0.480. The SMILES string of the molecule is Cn1cc(-c2cc(OCCN3CCOCC3=O)c3c(n2)C2(CCOC2)OCC3)c2cc(NC=O)ncc21. The fourth-order valence-electron chi connectivity index (χ4n) is 5.37. The van der Waals surface area contributed by atoms with Crippen molar-refractivity contribution in [2.75, 3.05) is 58.0 Å². The minimum absolute atomic E-state index is 0.0214. The van der Waals surface area contributed by atoms with Gasteiger partial charge in [0.2, 0.25) is 12.3 Å². The second-order valence-electron chi connectivity index (χ2n) is 9.51. The average Bonchev–Trinajstić information content (AvgIpc) is 3.50. The maximum Gasteiger partial charge on any atom is 0.248 e. The van der Waals surface area contributed by atoms with Crippen LogP contribution in [-0.2, 0) is 42.9 Å². The summed E-state index contributed by atoms with van der Waals surface area (Å²) in [5, 5.41) is 3.54. The lowest BCUT2D eigenvalue weighted by Gasteiger charge is -2.35. The predicted molar refractivity (Wildman–Crippen MR) is 133 cm³/mol. The fraction of sp³-hybridized carbons (Fsp3) is 0.462. The smallest absolute Gasteiger partial charge is 0.248 e. The van der Waals surface area contributed by atoms with Crippen molar-refractivity contribution in [3.8, 4) is 17.0 Å². The summed E-state index contributed by atoms with van der Waals surface area (Å²) in [6.45, 7) is 3.70. The van der Waals surface area contributed by atoms with E-state index in [-0.39, 0.29) is 12.5 Å². The van der Waals surface area contributed by atoms with Gasteiger partial charge in [-0.1, -0.05) is 0 Å². The Morgan fingerprint density at radius 3 is 2.97 bits per heavy atom. The van der Waals surface area contributed by atoms with Crippen LogP contribution in [0.5, 0.6) is 5.75 Å². The maximum absolute atomic E-state index is 12.1. The number of amides is 2. The lowest BCUT2D eigenvalue weighted by molar-refractivity contribution is -0.143. The molecule has 6 rings (SSSR count). The van der Waals surface area contributed by atoms with Crippen LogP contribution in [0.15, 0.2) is 24.5 Å². The van der Waals surface area contributed by atoms with Crippen molar-refractivity contribution in [3.05, 3.63) is 35.8 Å².